The van der Waals surface area contributed by atoms with Crippen LogP contribution in [0.2, 0.25) is 0 Å². The van der Waals surface area contributed by atoms with Crippen LogP contribution in [0.15, 0.2) is 10.6 Å². The van der Waals surface area contributed by atoms with Crippen molar-refractivity contribution in [3.05, 3.63) is 22.3 Å². The van der Waals surface area contributed by atoms with Gasteiger partial charge in [0.25, 0.3) is 5.89 Å². The Morgan fingerprint density at radius 2 is 2.28 bits per heavy atom. The van der Waals surface area contributed by atoms with Gasteiger partial charge in [-0.2, -0.15) is 4.98 Å². The number of thiophene rings is 1. The quantitative estimate of drug-likeness (QED) is 0.924. The summed E-state index contributed by atoms with van der Waals surface area (Å²) in [6.45, 7) is 2.02. The third-order valence-corrected chi connectivity index (χ3v) is 4.65. The lowest BCUT2D eigenvalue weighted by atomic mass is 9.99. The van der Waals surface area contributed by atoms with E-state index in [9.17, 15) is 0 Å². The zero-order valence-corrected chi connectivity index (χ0v) is 11.3. The summed E-state index contributed by atoms with van der Waals surface area (Å²) in [5.74, 6) is 1.23. The normalized spacial score (nSPS) is 16.6. The minimum atomic E-state index is -0.128. The van der Waals surface area contributed by atoms with Crippen LogP contribution in [0.4, 0.5) is 0 Å². The van der Waals surface area contributed by atoms with Gasteiger partial charge < -0.3 is 10.3 Å². The molecule has 2 aromatic heterocycles. The Bertz CT molecular complexity index is 523. The van der Waals surface area contributed by atoms with E-state index in [1.807, 2.05) is 6.92 Å². The monoisotopic (exact) mass is 263 g/mol. The van der Waals surface area contributed by atoms with Crippen molar-refractivity contribution in [1.29, 1.82) is 0 Å². The van der Waals surface area contributed by atoms with Crippen molar-refractivity contribution in [3.8, 4) is 10.8 Å². The van der Waals surface area contributed by atoms with E-state index in [0.717, 1.165) is 11.3 Å². The molecule has 0 fully saturated rings. The fourth-order valence-electron chi connectivity index (χ4n) is 2.26. The van der Waals surface area contributed by atoms with Crippen molar-refractivity contribution in [2.75, 3.05) is 0 Å². The zero-order chi connectivity index (χ0) is 12.5. The standard InChI is InChI=1S/C13H17N3OS/c1-2-9(14)12-15-13(17-16-12)11-7-8-5-3-4-6-10(8)18-11/h7,9H,2-6,14H2,1H3. The number of nitrogens with two attached hydrogens (primary N) is 1. The molecule has 0 saturated carbocycles. The Morgan fingerprint density at radius 3 is 3.06 bits per heavy atom. The van der Waals surface area contributed by atoms with Gasteiger partial charge in [0.15, 0.2) is 5.82 Å². The van der Waals surface area contributed by atoms with E-state index in [2.05, 4.69) is 16.2 Å². The third kappa shape index (κ3) is 2.08. The van der Waals surface area contributed by atoms with E-state index < -0.39 is 0 Å². The number of aromatic nitrogens is 2. The van der Waals surface area contributed by atoms with Crippen LogP contribution in [0.25, 0.3) is 10.8 Å². The molecule has 1 aliphatic rings. The van der Waals surface area contributed by atoms with E-state index in [1.165, 1.54) is 36.1 Å². The van der Waals surface area contributed by atoms with E-state index in [-0.39, 0.29) is 6.04 Å². The molecular formula is C13H17N3OS. The lowest BCUT2D eigenvalue weighted by Gasteiger charge is -2.08. The smallest absolute Gasteiger partial charge is 0.268 e. The zero-order valence-electron chi connectivity index (χ0n) is 10.5. The molecule has 2 heterocycles. The maximum absolute atomic E-state index is 5.90. The number of fused-ring (bicyclic) bond motifs is 1. The van der Waals surface area contributed by atoms with E-state index in [1.54, 1.807) is 11.3 Å². The van der Waals surface area contributed by atoms with Crippen LogP contribution in [-0.4, -0.2) is 10.1 Å². The van der Waals surface area contributed by atoms with Gasteiger partial charge in [-0.1, -0.05) is 12.1 Å². The molecule has 2 N–H and O–H groups in total. The second kappa shape index (κ2) is 4.82. The molecule has 1 unspecified atom stereocenters. The molecule has 18 heavy (non-hydrogen) atoms. The number of rotatable bonds is 3. The summed E-state index contributed by atoms with van der Waals surface area (Å²) >= 11 is 1.78. The Morgan fingerprint density at radius 1 is 1.44 bits per heavy atom. The molecular weight excluding hydrogens is 246 g/mol. The van der Waals surface area contributed by atoms with Crippen LogP contribution in [0, 0.1) is 0 Å². The van der Waals surface area contributed by atoms with Gasteiger partial charge in [0.1, 0.15) is 0 Å². The minimum Gasteiger partial charge on any atom is -0.333 e. The lowest BCUT2D eigenvalue weighted by Crippen LogP contribution is -2.10. The average Bonchev–Trinajstić information content (AvgIpc) is 3.03. The molecule has 0 radical (unpaired) electrons. The summed E-state index contributed by atoms with van der Waals surface area (Å²) in [6.07, 6.45) is 5.78. The molecule has 0 aromatic carbocycles. The molecule has 0 amide bonds. The van der Waals surface area contributed by atoms with Crippen molar-refractivity contribution in [1.82, 2.24) is 10.1 Å². The van der Waals surface area contributed by atoms with E-state index in [4.69, 9.17) is 10.3 Å². The second-order valence-electron chi connectivity index (χ2n) is 4.74. The van der Waals surface area contributed by atoms with Gasteiger partial charge in [0, 0.05) is 4.88 Å². The number of hydrogen-bond donors (Lipinski definition) is 1. The predicted octanol–water partition coefficient (Wildman–Crippen LogP) is 3.09. The molecule has 0 saturated heterocycles. The first kappa shape index (κ1) is 11.9. The van der Waals surface area contributed by atoms with Crippen LogP contribution in [0.1, 0.15) is 48.5 Å². The largest absolute Gasteiger partial charge is 0.333 e. The summed E-state index contributed by atoms with van der Waals surface area (Å²) in [5.41, 5.74) is 7.36. The average molecular weight is 263 g/mol. The summed E-state index contributed by atoms with van der Waals surface area (Å²) in [4.78, 5) is 6.97. The topological polar surface area (TPSA) is 64.9 Å². The van der Waals surface area contributed by atoms with Gasteiger partial charge in [-0.3, -0.25) is 0 Å². The predicted molar refractivity (Wildman–Crippen MR) is 71.5 cm³/mol. The highest BCUT2D eigenvalue weighted by atomic mass is 32.1. The van der Waals surface area contributed by atoms with Crippen LogP contribution in [-0.2, 0) is 12.8 Å². The first-order valence-electron chi connectivity index (χ1n) is 6.49. The van der Waals surface area contributed by atoms with Crippen molar-refractivity contribution in [3.63, 3.8) is 0 Å². The Kier molecular flexibility index (Phi) is 3.18. The summed E-state index contributed by atoms with van der Waals surface area (Å²) in [7, 11) is 0. The van der Waals surface area contributed by atoms with Crippen LogP contribution >= 0.6 is 11.3 Å². The maximum atomic E-state index is 5.90. The molecule has 1 atom stereocenters. The van der Waals surface area contributed by atoms with Gasteiger partial charge in [-0.05, 0) is 43.7 Å². The first-order valence-corrected chi connectivity index (χ1v) is 7.30. The van der Waals surface area contributed by atoms with Crippen molar-refractivity contribution in [2.45, 2.75) is 45.1 Å². The Hall–Kier alpha value is -1.20. The highest BCUT2D eigenvalue weighted by Crippen LogP contribution is 2.35. The fraction of sp³-hybridized carbons (Fsp3) is 0.538. The van der Waals surface area contributed by atoms with Crippen molar-refractivity contribution >= 4 is 11.3 Å². The van der Waals surface area contributed by atoms with Crippen molar-refractivity contribution in [2.24, 2.45) is 5.73 Å². The molecule has 5 heteroatoms. The van der Waals surface area contributed by atoms with Gasteiger partial charge in [-0.25, -0.2) is 0 Å². The molecule has 96 valence electrons. The van der Waals surface area contributed by atoms with E-state index >= 15 is 0 Å². The maximum Gasteiger partial charge on any atom is 0.268 e. The molecule has 4 nitrogen and oxygen atoms in total. The molecule has 0 spiro atoms. The Balaban J connectivity index is 1.90. The van der Waals surface area contributed by atoms with Crippen LogP contribution in [0.3, 0.4) is 0 Å². The fourth-order valence-corrected chi connectivity index (χ4v) is 3.44. The highest BCUT2D eigenvalue weighted by Gasteiger charge is 2.19. The Labute approximate surface area is 110 Å². The molecule has 0 bridgehead atoms. The van der Waals surface area contributed by atoms with Gasteiger partial charge in [-0.15, -0.1) is 11.3 Å². The van der Waals surface area contributed by atoms with Crippen molar-refractivity contribution < 1.29 is 4.52 Å². The number of hydrogen-bond acceptors (Lipinski definition) is 5. The highest BCUT2D eigenvalue weighted by molar-refractivity contribution is 7.15. The summed E-state index contributed by atoms with van der Waals surface area (Å²) in [5, 5.41) is 3.97. The van der Waals surface area contributed by atoms with E-state index in [0.29, 0.717) is 11.7 Å². The SMILES string of the molecule is CCC(N)c1noc(-c2cc3c(s2)CCCC3)n1. The summed E-state index contributed by atoms with van der Waals surface area (Å²) < 4.78 is 5.32. The molecule has 0 aliphatic heterocycles. The first-order chi connectivity index (χ1) is 8.78. The van der Waals surface area contributed by atoms with Crippen LogP contribution in [0.5, 0.6) is 0 Å². The molecule has 2 aromatic rings. The minimum absolute atomic E-state index is 0.128. The van der Waals surface area contributed by atoms with Gasteiger partial charge in [0.2, 0.25) is 0 Å². The van der Waals surface area contributed by atoms with Gasteiger partial charge >= 0.3 is 0 Å². The number of nitrogens with zero attached hydrogens (tertiary/aromatic N) is 2. The lowest BCUT2D eigenvalue weighted by molar-refractivity contribution is 0.416. The third-order valence-electron chi connectivity index (χ3n) is 3.42. The molecule has 3 rings (SSSR count). The molecule has 1 aliphatic carbocycles. The van der Waals surface area contributed by atoms with Gasteiger partial charge in [0.05, 0.1) is 10.9 Å². The second-order valence-corrected chi connectivity index (χ2v) is 5.88. The number of aryl methyl sites for hydroxylation is 2. The van der Waals surface area contributed by atoms with Crippen LogP contribution < -0.4 is 5.73 Å². The summed E-state index contributed by atoms with van der Waals surface area (Å²) in [6, 6.07) is 2.07.